The lowest BCUT2D eigenvalue weighted by atomic mass is 10.2. The summed E-state index contributed by atoms with van der Waals surface area (Å²) in [7, 11) is 0. The SMILES string of the molecule is CCCCc1noc(CN2CCN(c3ccccc3O)CC2)n1. The minimum Gasteiger partial charge on any atom is -0.506 e. The van der Waals surface area contributed by atoms with E-state index in [1.54, 1.807) is 6.07 Å². The monoisotopic (exact) mass is 316 g/mol. The molecule has 2 heterocycles. The van der Waals surface area contributed by atoms with E-state index in [4.69, 9.17) is 4.52 Å². The highest BCUT2D eigenvalue weighted by Gasteiger charge is 2.20. The summed E-state index contributed by atoms with van der Waals surface area (Å²) in [6.07, 6.45) is 3.12. The predicted molar refractivity (Wildman–Crippen MR) is 88.5 cm³/mol. The number of phenolic OH excluding ortho intramolecular Hbond substituents is 1. The fraction of sp³-hybridized carbons (Fsp3) is 0.529. The van der Waals surface area contributed by atoms with Crippen molar-refractivity contribution in [3.63, 3.8) is 0 Å². The maximum atomic E-state index is 9.95. The van der Waals surface area contributed by atoms with Gasteiger partial charge in [-0.1, -0.05) is 30.6 Å². The molecule has 1 N–H and O–H groups in total. The van der Waals surface area contributed by atoms with Gasteiger partial charge in [0.1, 0.15) is 5.75 Å². The number of hydrogen-bond donors (Lipinski definition) is 1. The molecular weight excluding hydrogens is 292 g/mol. The van der Waals surface area contributed by atoms with Gasteiger partial charge in [-0.3, -0.25) is 4.90 Å². The van der Waals surface area contributed by atoms with E-state index in [0.717, 1.165) is 57.0 Å². The van der Waals surface area contributed by atoms with Crippen LogP contribution in [0, 0.1) is 0 Å². The number of aryl methyl sites for hydroxylation is 1. The molecule has 0 atom stereocenters. The Morgan fingerprint density at radius 3 is 2.70 bits per heavy atom. The van der Waals surface area contributed by atoms with Gasteiger partial charge < -0.3 is 14.5 Å². The zero-order valence-corrected chi connectivity index (χ0v) is 13.6. The Bertz CT molecular complexity index is 621. The second kappa shape index (κ2) is 7.46. The van der Waals surface area contributed by atoms with Crippen LogP contribution in [0.3, 0.4) is 0 Å². The van der Waals surface area contributed by atoms with Crippen molar-refractivity contribution in [3.8, 4) is 5.75 Å². The minimum absolute atomic E-state index is 0.346. The molecule has 1 saturated heterocycles. The molecule has 0 amide bonds. The van der Waals surface area contributed by atoms with Gasteiger partial charge >= 0.3 is 0 Å². The summed E-state index contributed by atoms with van der Waals surface area (Å²) < 4.78 is 5.34. The highest BCUT2D eigenvalue weighted by molar-refractivity contribution is 5.57. The molecule has 1 aliphatic rings. The number of hydrogen-bond acceptors (Lipinski definition) is 6. The van der Waals surface area contributed by atoms with Crippen molar-refractivity contribution in [2.24, 2.45) is 0 Å². The molecule has 1 aromatic heterocycles. The molecule has 2 aromatic rings. The lowest BCUT2D eigenvalue weighted by Gasteiger charge is -2.35. The van der Waals surface area contributed by atoms with Crippen LogP contribution in [0.15, 0.2) is 28.8 Å². The van der Waals surface area contributed by atoms with Gasteiger partial charge in [0.15, 0.2) is 5.82 Å². The van der Waals surface area contributed by atoms with Crippen molar-refractivity contribution in [2.75, 3.05) is 31.1 Å². The molecule has 1 aliphatic heterocycles. The van der Waals surface area contributed by atoms with Gasteiger partial charge in [0.25, 0.3) is 0 Å². The van der Waals surface area contributed by atoms with Crippen molar-refractivity contribution in [3.05, 3.63) is 36.0 Å². The van der Waals surface area contributed by atoms with E-state index in [-0.39, 0.29) is 0 Å². The number of nitrogens with zero attached hydrogens (tertiary/aromatic N) is 4. The molecule has 0 saturated carbocycles. The first kappa shape index (κ1) is 15.8. The van der Waals surface area contributed by atoms with Gasteiger partial charge in [-0.05, 0) is 18.6 Å². The van der Waals surface area contributed by atoms with E-state index in [9.17, 15) is 5.11 Å². The highest BCUT2D eigenvalue weighted by Crippen LogP contribution is 2.27. The largest absolute Gasteiger partial charge is 0.506 e. The number of rotatable bonds is 6. The van der Waals surface area contributed by atoms with Crippen molar-refractivity contribution < 1.29 is 9.63 Å². The Morgan fingerprint density at radius 1 is 1.17 bits per heavy atom. The summed E-state index contributed by atoms with van der Waals surface area (Å²) in [5.41, 5.74) is 0.909. The first-order valence-electron chi connectivity index (χ1n) is 8.33. The van der Waals surface area contributed by atoms with Crippen LogP contribution in [0.25, 0.3) is 0 Å². The number of aromatic hydroxyl groups is 1. The maximum Gasteiger partial charge on any atom is 0.240 e. The van der Waals surface area contributed by atoms with Crippen LogP contribution in [-0.2, 0) is 13.0 Å². The second-order valence-corrected chi connectivity index (χ2v) is 5.96. The summed E-state index contributed by atoms with van der Waals surface area (Å²) in [5, 5.41) is 14.0. The number of para-hydroxylation sites is 2. The standard InChI is InChI=1S/C17H24N4O2/c1-2-3-8-16-18-17(23-19-16)13-20-9-11-21(12-10-20)14-6-4-5-7-15(14)22/h4-7,22H,2-3,8-13H2,1H3. The Balaban J connectivity index is 1.51. The van der Waals surface area contributed by atoms with E-state index in [1.807, 2.05) is 18.2 Å². The molecule has 1 fully saturated rings. The Hall–Kier alpha value is -2.08. The second-order valence-electron chi connectivity index (χ2n) is 5.96. The molecule has 0 unspecified atom stereocenters. The summed E-state index contributed by atoms with van der Waals surface area (Å²) in [6, 6.07) is 7.50. The van der Waals surface area contributed by atoms with Crippen molar-refractivity contribution in [2.45, 2.75) is 32.7 Å². The van der Waals surface area contributed by atoms with E-state index >= 15 is 0 Å². The number of unbranched alkanes of at least 4 members (excludes halogenated alkanes) is 1. The Kier molecular flexibility index (Phi) is 5.12. The molecule has 6 nitrogen and oxygen atoms in total. The zero-order valence-electron chi connectivity index (χ0n) is 13.6. The lowest BCUT2D eigenvalue weighted by molar-refractivity contribution is 0.215. The predicted octanol–water partition coefficient (Wildman–Crippen LogP) is 2.44. The van der Waals surface area contributed by atoms with Gasteiger partial charge in [-0.15, -0.1) is 0 Å². The van der Waals surface area contributed by atoms with Crippen molar-refractivity contribution >= 4 is 5.69 Å². The molecule has 0 aliphatic carbocycles. The van der Waals surface area contributed by atoms with Gasteiger partial charge in [-0.25, -0.2) is 0 Å². The Morgan fingerprint density at radius 2 is 1.96 bits per heavy atom. The molecule has 23 heavy (non-hydrogen) atoms. The van der Waals surface area contributed by atoms with E-state index in [1.165, 1.54) is 0 Å². The van der Waals surface area contributed by atoms with Crippen LogP contribution in [0.1, 0.15) is 31.5 Å². The van der Waals surface area contributed by atoms with Crippen LogP contribution < -0.4 is 4.90 Å². The summed E-state index contributed by atoms with van der Waals surface area (Å²) in [4.78, 5) is 8.99. The van der Waals surface area contributed by atoms with Crippen LogP contribution in [-0.4, -0.2) is 46.3 Å². The normalized spacial score (nSPS) is 16.0. The smallest absolute Gasteiger partial charge is 0.240 e. The van der Waals surface area contributed by atoms with Crippen LogP contribution in [0.4, 0.5) is 5.69 Å². The zero-order chi connectivity index (χ0) is 16.1. The molecule has 3 rings (SSSR count). The third-order valence-corrected chi connectivity index (χ3v) is 4.22. The van der Waals surface area contributed by atoms with Crippen molar-refractivity contribution in [1.82, 2.24) is 15.0 Å². The van der Waals surface area contributed by atoms with Crippen molar-refractivity contribution in [1.29, 1.82) is 0 Å². The average molecular weight is 316 g/mol. The highest BCUT2D eigenvalue weighted by atomic mass is 16.5. The number of piperazine rings is 1. The van der Waals surface area contributed by atoms with Crippen LogP contribution in [0.2, 0.25) is 0 Å². The number of aromatic nitrogens is 2. The Labute approximate surface area is 136 Å². The van der Waals surface area contributed by atoms with Gasteiger partial charge in [0.05, 0.1) is 12.2 Å². The first-order chi connectivity index (χ1) is 11.3. The third kappa shape index (κ3) is 4.01. The topological polar surface area (TPSA) is 65.6 Å². The number of anilines is 1. The lowest BCUT2D eigenvalue weighted by Crippen LogP contribution is -2.46. The van der Waals surface area contributed by atoms with Gasteiger partial charge in [0, 0.05) is 32.6 Å². The van der Waals surface area contributed by atoms with Gasteiger partial charge in [-0.2, -0.15) is 4.98 Å². The molecule has 0 bridgehead atoms. The fourth-order valence-electron chi connectivity index (χ4n) is 2.86. The van der Waals surface area contributed by atoms with Gasteiger partial charge in [0.2, 0.25) is 5.89 Å². The molecule has 0 spiro atoms. The van der Waals surface area contributed by atoms with E-state index in [0.29, 0.717) is 18.2 Å². The van der Waals surface area contributed by atoms with Crippen LogP contribution in [0.5, 0.6) is 5.75 Å². The molecular formula is C17H24N4O2. The quantitative estimate of drug-likeness (QED) is 0.883. The maximum absolute atomic E-state index is 9.95. The first-order valence-corrected chi connectivity index (χ1v) is 8.33. The molecule has 0 radical (unpaired) electrons. The molecule has 1 aromatic carbocycles. The number of benzene rings is 1. The third-order valence-electron chi connectivity index (χ3n) is 4.22. The number of phenols is 1. The minimum atomic E-state index is 0.346. The molecule has 124 valence electrons. The fourth-order valence-corrected chi connectivity index (χ4v) is 2.86. The van der Waals surface area contributed by atoms with Crippen LogP contribution >= 0.6 is 0 Å². The van der Waals surface area contributed by atoms with E-state index in [2.05, 4.69) is 26.9 Å². The summed E-state index contributed by atoms with van der Waals surface area (Å²) >= 11 is 0. The average Bonchev–Trinajstić information content (AvgIpc) is 3.02. The summed E-state index contributed by atoms with van der Waals surface area (Å²) in [5.74, 6) is 1.86. The van der Waals surface area contributed by atoms with E-state index < -0.39 is 0 Å². The summed E-state index contributed by atoms with van der Waals surface area (Å²) in [6.45, 7) is 6.46. The molecule has 6 heteroatoms.